The summed E-state index contributed by atoms with van der Waals surface area (Å²) in [6, 6.07) is 3.41. The van der Waals surface area contributed by atoms with Crippen molar-refractivity contribution in [2.45, 2.75) is 12.8 Å². The molecule has 0 aliphatic heterocycles. The molecule has 1 heterocycles. The van der Waals surface area contributed by atoms with E-state index in [1.54, 1.807) is 12.1 Å². The highest BCUT2D eigenvalue weighted by Gasteiger charge is 2.07. The summed E-state index contributed by atoms with van der Waals surface area (Å²) >= 11 is 11.7. The smallest absolute Gasteiger partial charge is 0.261 e. The first-order valence-electron chi connectivity index (χ1n) is 4.41. The maximum atomic E-state index is 11.5. The van der Waals surface area contributed by atoms with Crippen LogP contribution in [0.3, 0.4) is 0 Å². The van der Waals surface area contributed by atoms with Gasteiger partial charge in [0.1, 0.15) is 0 Å². The Morgan fingerprint density at radius 3 is 2.87 bits per heavy atom. The molecule has 0 radical (unpaired) electrons. The molecule has 1 aromatic rings. The number of amides is 1. The SMILES string of the molecule is NC(=S)CCCNC(=O)c1ccc(Cl)s1. The second-order valence-corrected chi connectivity index (χ2v) is 5.17. The maximum Gasteiger partial charge on any atom is 0.261 e. The van der Waals surface area contributed by atoms with E-state index in [0.717, 1.165) is 6.42 Å². The van der Waals surface area contributed by atoms with Gasteiger partial charge in [0.2, 0.25) is 0 Å². The summed E-state index contributed by atoms with van der Waals surface area (Å²) in [7, 11) is 0. The van der Waals surface area contributed by atoms with Gasteiger partial charge in [-0.15, -0.1) is 11.3 Å². The van der Waals surface area contributed by atoms with Gasteiger partial charge in [0, 0.05) is 6.54 Å². The van der Waals surface area contributed by atoms with E-state index in [1.165, 1.54) is 11.3 Å². The Morgan fingerprint density at radius 2 is 2.33 bits per heavy atom. The third-order valence-electron chi connectivity index (χ3n) is 1.68. The number of hydrogen-bond donors (Lipinski definition) is 2. The summed E-state index contributed by atoms with van der Waals surface area (Å²) < 4.78 is 0.614. The van der Waals surface area contributed by atoms with Gasteiger partial charge in [-0.25, -0.2) is 0 Å². The van der Waals surface area contributed by atoms with E-state index in [4.69, 9.17) is 29.6 Å². The molecule has 0 spiro atoms. The fraction of sp³-hybridized carbons (Fsp3) is 0.333. The Bertz CT molecular complexity index is 365. The molecule has 0 unspecified atom stereocenters. The van der Waals surface area contributed by atoms with Crippen LogP contribution in [-0.2, 0) is 0 Å². The third-order valence-corrected chi connectivity index (χ3v) is 3.12. The van der Waals surface area contributed by atoms with E-state index in [-0.39, 0.29) is 5.91 Å². The van der Waals surface area contributed by atoms with Gasteiger partial charge < -0.3 is 11.1 Å². The van der Waals surface area contributed by atoms with Crippen LogP contribution in [0.2, 0.25) is 4.34 Å². The molecular formula is C9H11ClN2OS2. The fourth-order valence-corrected chi connectivity index (χ4v) is 2.09. The summed E-state index contributed by atoms with van der Waals surface area (Å²) in [5.41, 5.74) is 5.33. The molecule has 1 amide bonds. The lowest BCUT2D eigenvalue weighted by Crippen LogP contribution is -2.24. The second kappa shape index (κ2) is 6.05. The summed E-state index contributed by atoms with van der Waals surface area (Å²) in [5, 5.41) is 2.77. The lowest BCUT2D eigenvalue weighted by molar-refractivity contribution is 0.0957. The van der Waals surface area contributed by atoms with Crippen LogP contribution < -0.4 is 11.1 Å². The van der Waals surface area contributed by atoms with Crippen molar-refractivity contribution in [2.24, 2.45) is 5.73 Å². The quantitative estimate of drug-likeness (QED) is 0.632. The normalized spacial score (nSPS) is 9.93. The predicted molar refractivity (Wildman–Crippen MR) is 67.7 cm³/mol. The van der Waals surface area contributed by atoms with Crippen LogP contribution in [0, 0.1) is 0 Å². The van der Waals surface area contributed by atoms with Crippen molar-refractivity contribution in [1.29, 1.82) is 0 Å². The number of carbonyl (C=O) groups excluding carboxylic acids is 1. The van der Waals surface area contributed by atoms with E-state index < -0.39 is 0 Å². The van der Waals surface area contributed by atoms with Crippen molar-refractivity contribution in [1.82, 2.24) is 5.32 Å². The van der Waals surface area contributed by atoms with Crippen LogP contribution in [0.4, 0.5) is 0 Å². The van der Waals surface area contributed by atoms with Crippen LogP contribution in [0.1, 0.15) is 22.5 Å². The molecule has 3 nitrogen and oxygen atoms in total. The van der Waals surface area contributed by atoms with Crippen LogP contribution >= 0.6 is 35.2 Å². The molecule has 0 aliphatic rings. The number of nitrogens with one attached hydrogen (secondary N) is 1. The predicted octanol–water partition coefficient (Wildman–Crippen LogP) is 2.20. The monoisotopic (exact) mass is 262 g/mol. The topological polar surface area (TPSA) is 55.1 Å². The van der Waals surface area contributed by atoms with Gasteiger partial charge in [-0.3, -0.25) is 4.79 Å². The van der Waals surface area contributed by atoms with E-state index in [1.807, 2.05) is 0 Å². The minimum atomic E-state index is -0.102. The largest absolute Gasteiger partial charge is 0.393 e. The van der Waals surface area contributed by atoms with Gasteiger partial charge in [0.05, 0.1) is 14.2 Å². The lowest BCUT2D eigenvalue weighted by Gasteiger charge is -2.02. The molecule has 0 fully saturated rings. The maximum absolute atomic E-state index is 11.5. The van der Waals surface area contributed by atoms with Gasteiger partial charge >= 0.3 is 0 Å². The van der Waals surface area contributed by atoms with Crippen molar-refractivity contribution in [3.8, 4) is 0 Å². The van der Waals surface area contributed by atoms with Crippen LogP contribution in [0.15, 0.2) is 12.1 Å². The van der Waals surface area contributed by atoms with Crippen LogP contribution in [0.25, 0.3) is 0 Å². The first-order valence-corrected chi connectivity index (χ1v) is 6.01. The molecule has 3 N–H and O–H groups in total. The average Bonchev–Trinajstić information content (AvgIpc) is 2.59. The van der Waals surface area contributed by atoms with Crippen molar-refractivity contribution in [3.63, 3.8) is 0 Å². The summed E-state index contributed by atoms with van der Waals surface area (Å²) in [5.74, 6) is -0.102. The molecule has 0 aromatic carbocycles. The lowest BCUT2D eigenvalue weighted by atomic mass is 10.3. The summed E-state index contributed by atoms with van der Waals surface area (Å²) in [6.45, 7) is 0.575. The highest BCUT2D eigenvalue weighted by atomic mass is 35.5. The van der Waals surface area contributed by atoms with E-state index in [9.17, 15) is 4.79 Å². The van der Waals surface area contributed by atoms with Crippen molar-refractivity contribution in [2.75, 3.05) is 6.54 Å². The molecule has 15 heavy (non-hydrogen) atoms. The highest BCUT2D eigenvalue weighted by Crippen LogP contribution is 2.20. The van der Waals surface area contributed by atoms with Crippen LogP contribution in [-0.4, -0.2) is 17.4 Å². The molecular weight excluding hydrogens is 252 g/mol. The zero-order valence-corrected chi connectivity index (χ0v) is 10.3. The van der Waals surface area contributed by atoms with Gasteiger partial charge in [0.15, 0.2) is 0 Å². The van der Waals surface area contributed by atoms with Gasteiger partial charge in [-0.1, -0.05) is 23.8 Å². The molecule has 82 valence electrons. The highest BCUT2D eigenvalue weighted by molar-refractivity contribution is 7.80. The molecule has 1 rings (SSSR count). The standard InChI is InChI=1S/C9H11ClN2OS2/c10-7-4-3-6(15-7)9(13)12-5-1-2-8(11)14/h3-4H,1-2,5H2,(H2,11,14)(H,12,13). The van der Waals surface area contributed by atoms with Gasteiger partial charge in [-0.05, 0) is 25.0 Å². The Morgan fingerprint density at radius 1 is 1.60 bits per heavy atom. The minimum absolute atomic E-state index is 0.102. The minimum Gasteiger partial charge on any atom is -0.393 e. The van der Waals surface area contributed by atoms with E-state index >= 15 is 0 Å². The number of thiocarbonyl (C=S) groups is 1. The number of hydrogen-bond acceptors (Lipinski definition) is 3. The summed E-state index contributed by atoms with van der Waals surface area (Å²) in [4.78, 5) is 12.6. The molecule has 1 aromatic heterocycles. The van der Waals surface area contributed by atoms with Crippen molar-refractivity contribution < 1.29 is 4.79 Å². The first-order chi connectivity index (χ1) is 7.09. The fourth-order valence-electron chi connectivity index (χ4n) is 0.988. The van der Waals surface area contributed by atoms with Gasteiger partial charge in [-0.2, -0.15) is 0 Å². The first kappa shape index (κ1) is 12.4. The second-order valence-electron chi connectivity index (χ2n) is 2.93. The Balaban J connectivity index is 2.28. The Hall–Kier alpha value is -0.650. The molecule has 0 saturated heterocycles. The van der Waals surface area contributed by atoms with Gasteiger partial charge in [0.25, 0.3) is 5.91 Å². The number of carbonyl (C=O) groups is 1. The zero-order valence-electron chi connectivity index (χ0n) is 7.96. The molecule has 0 saturated carbocycles. The van der Waals surface area contributed by atoms with E-state index in [0.29, 0.717) is 27.2 Å². The Labute approximate surface area is 103 Å². The van der Waals surface area contributed by atoms with Crippen LogP contribution in [0.5, 0.6) is 0 Å². The number of halogens is 1. The number of thiophene rings is 1. The summed E-state index contributed by atoms with van der Waals surface area (Å²) in [6.07, 6.45) is 1.42. The number of nitrogens with two attached hydrogens (primary N) is 1. The molecule has 0 bridgehead atoms. The Kier molecular flexibility index (Phi) is 5.01. The van der Waals surface area contributed by atoms with Crippen molar-refractivity contribution in [3.05, 3.63) is 21.3 Å². The zero-order chi connectivity index (χ0) is 11.3. The molecule has 6 heteroatoms. The third kappa shape index (κ3) is 4.59. The van der Waals surface area contributed by atoms with Crippen molar-refractivity contribution >= 4 is 46.1 Å². The molecule has 0 atom stereocenters. The van der Waals surface area contributed by atoms with E-state index in [2.05, 4.69) is 5.32 Å². The molecule has 0 aliphatic carbocycles. The number of rotatable bonds is 5. The average molecular weight is 263 g/mol.